The van der Waals surface area contributed by atoms with E-state index in [4.69, 9.17) is 0 Å². The number of fused-ring (bicyclic) bond motifs is 3. The molecule has 0 bridgehead atoms. The van der Waals surface area contributed by atoms with Crippen molar-refractivity contribution in [2.24, 2.45) is 5.92 Å². The van der Waals surface area contributed by atoms with Crippen LogP contribution in [0.5, 0.6) is 0 Å². The zero-order chi connectivity index (χ0) is 20.5. The van der Waals surface area contributed by atoms with Crippen molar-refractivity contribution in [3.05, 3.63) is 54.5 Å². The topological polar surface area (TPSA) is 71.0 Å². The molecule has 0 radical (unpaired) electrons. The first-order valence-corrected chi connectivity index (χ1v) is 11.2. The zero-order valence-corrected chi connectivity index (χ0v) is 17.7. The average molecular weight is 418 g/mol. The third-order valence-electron chi connectivity index (χ3n) is 5.81. The van der Waals surface area contributed by atoms with Crippen LogP contribution in [0.3, 0.4) is 0 Å². The highest BCUT2D eigenvalue weighted by atomic mass is 32.1. The number of hydrogen-bond acceptors (Lipinski definition) is 6. The SMILES string of the molecule is CCc1ccc(NC(=O)C2CCN(c3ncnc4c3sc3ncccc34)CC2)cc1. The molecule has 0 aliphatic carbocycles. The number of nitrogens with zero attached hydrogens (tertiary/aromatic N) is 4. The number of rotatable bonds is 4. The summed E-state index contributed by atoms with van der Waals surface area (Å²) >= 11 is 1.64. The van der Waals surface area contributed by atoms with Gasteiger partial charge in [-0.1, -0.05) is 19.1 Å². The van der Waals surface area contributed by atoms with Gasteiger partial charge in [-0.05, 0) is 49.1 Å². The summed E-state index contributed by atoms with van der Waals surface area (Å²) in [5, 5.41) is 4.15. The van der Waals surface area contributed by atoms with Crippen molar-refractivity contribution < 1.29 is 4.79 Å². The molecule has 0 atom stereocenters. The highest BCUT2D eigenvalue weighted by molar-refractivity contribution is 7.25. The van der Waals surface area contributed by atoms with Crippen molar-refractivity contribution >= 4 is 49.2 Å². The Balaban J connectivity index is 1.29. The highest BCUT2D eigenvalue weighted by Gasteiger charge is 2.27. The van der Waals surface area contributed by atoms with Gasteiger partial charge in [-0.3, -0.25) is 4.79 Å². The fourth-order valence-corrected chi connectivity index (χ4v) is 5.16. The minimum Gasteiger partial charge on any atom is -0.355 e. The maximum Gasteiger partial charge on any atom is 0.227 e. The van der Waals surface area contributed by atoms with Crippen LogP contribution in [-0.2, 0) is 11.2 Å². The van der Waals surface area contributed by atoms with Gasteiger partial charge in [0, 0.05) is 36.3 Å². The smallest absolute Gasteiger partial charge is 0.227 e. The number of thiophene rings is 1. The van der Waals surface area contributed by atoms with E-state index in [9.17, 15) is 4.79 Å². The molecule has 0 saturated carbocycles. The van der Waals surface area contributed by atoms with Gasteiger partial charge in [-0.25, -0.2) is 15.0 Å². The van der Waals surface area contributed by atoms with E-state index in [1.807, 2.05) is 24.4 Å². The Bertz CT molecular complexity index is 1200. The van der Waals surface area contributed by atoms with Crippen LogP contribution in [0.15, 0.2) is 48.9 Å². The molecule has 152 valence electrons. The van der Waals surface area contributed by atoms with Gasteiger partial charge in [0.2, 0.25) is 5.91 Å². The molecule has 1 aromatic carbocycles. The molecule has 1 aliphatic heterocycles. The van der Waals surface area contributed by atoms with E-state index in [-0.39, 0.29) is 11.8 Å². The molecule has 3 aromatic heterocycles. The Labute approximate surface area is 179 Å². The normalized spacial score (nSPS) is 15.0. The van der Waals surface area contributed by atoms with E-state index in [0.717, 1.165) is 64.3 Å². The first-order valence-electron chi connectivity index (χ1n) is 10.4. The van der Waals surface area contributed by atoms with Gasteiger partial charge in [0.15, 0.2) is 0 Å². The van der Waals surface area contributed by atoms with Crippen molar-refractivity contribution in [2.45, 2.75) is 26.2 Å². The largest absolute Gasteiger partial charge is 0.355 e. The Morgan fingerprint density at radius 1 is 1.13 bits per heavy atom. The monoisotopic (exact) mass is 417 g/mol. The van der Waals surface area contributed by atoms with E-state index in [2.05, 4.69) is 50.3 Å². The van der Waals surface area contributed by atoms with Crippen LogP contribution < -0.4 is 10.2 Å². The summed E-state index contributed by atoms with van der Waals surface area (Å²) in [6, 6.07) is 12.1. The second kappa shape index (κ2) is 7.99. The van der Waals surface area contributed by atoms with Crippen LogP contribution in [0.2, 0.25) is 0 Å². The molecule has 0 spiro atoms. The van der Waals surface area contributed by atoms with Crippen LogP contribution in [0.1, 0.15) is 25.3 Å². The molecule has 5 rings (SSSR count). The number of piperidine rings is 1. The van der Waals surface area contributed by atoms with Gasteiger partial charge in [0.25, 0.3) is 0 Å². The number of anilines is 2. The van der Waals surface area contributed by atoms with Crippen molar-refractivity contribution in [2.75, 3.05) is 23.3 Å². The predicted octanol–water partition coefficient (Wildman–Crippen LogP) is 4.66. The molecule has 30 heavy (non-hydrogen) atoms. The van der Waals surface area contributed by atoms with Crippen molar-refractivity contribution in [1.82, 2.24) is 15.0 Å². The number of carbonyl (C=O) groups excluding carboxylic acids is 1. The number of aromatic nitrogens is 3. The molecule has 1 fully saturated rings. The minimum absolute atomic E-state index is 0.0218. The average Bonchev–Trinajstić information content (AvgIpc) is 3.18. The summed E-state index contributed by atoms with van der Waals surface area (Å²) in [5.41, 5.74) is 3.10. The Kier molecular flexibility index (Phi) is 5.04. The molecule has 1 saturated heterocycles. The summed E-state index contributed by atoms with van der Waals surface area (Å²) in [6.07, 6.45) is 6.07. The number of carbonyl (C=O) groups is 1. The molecule has 0 unspecified atom stereocenters. The van der Waals surface area contributed by atoms with Crippen molar-refractivity contribution in [1.29, 1.82) is 0 Å². The Morgan fingerprint density at radius 2 is 1.93 bits per heavy atom. The number of pyridine rings is 1. The van der Waals surface area contributed by atoms with Crippen molar-refractivity contribution in [3.8, 4) is 0 Å². The second-order valence-electron chi connectivity index (χ2n) is 7.63. The van der Waals surface area contributed by atoms with E-state index >= 15 is 0 Å². The van der Waals surface area contributed by atoms with Gasteiger partial charge >= 0.3 is 0 Å². The number of nitrogens with one attached hydrogen (secondary N) is 1. The second-order valence-corrected chi connectivity index (χ2v) is 8.63. The first kappa shape index (κ1) is 18.9. The Hall–Kier alpha value is -3.06. The molecule has 1 aliphatic rings. The van der Waals surface area contributed by atoms with Crippen LogP contribution in [0.25, 0.3) is 20.4 Å². The fourth-order valence-electron chi connectivity index (χ4n) is 4.05. The van der Waals surface area contributed by atoms with Gasteiger partial charge in [-0.2, -0.15) is 0 Å². The summed E-state index contributed by atoms with van der Waals surface area (Å²) in [7, 11) is 0. The number of hydrogen-bond donors (Lipinski definition) is 1. The number of amides is 1. The Morgan fingerprint density at radius 3 is 2.70 bits per heavy atom. The fraction of sp³-hybridized carbons (Fsp3) is 0.304. The quantitative estimate of drug-likeness (QED) is 0.523. The molecule has 6 nitrogen and oxygen atoms in total. The van der Waals surface area contributed by atoms with Crippen LogP contribution in [0, 0.1) is 5.92 Å². The standard InChI is InChI=1S/C23H23N5OS/c1-2-15-5-7-17(8-6-15)27-22(29)16-9-12-28(13-10-16)21-20-19(25-14-26-21)18-4-3-11-24-23(18)30-20/h3-8,11,14,16H,2,9-10,12-13H2,1H3,(H,27,29). The predicted molar refractivity (Wildman–Crippen MR) is 122 cm³/mol. The summed E-state index contributed by atoms with van der Waals surface area (Å²) < 4.78 is 1.07. The maximum atomic E-state index is 12.7. The third kappa shape index (κ3) is 3.50. The lowest BCUT2D eigenvalue weighted by Crippen LogP contribution is -2.38. The maximum absolute atomic E-state index is 12.7. The lowest BCUT2D eigenvalue weighted by molar-refractivity contribution is -0.120. The van der Waals surface area contributed by atoms with Gasteiger partial charge < -0.3 is 10.2 Å². The summed E-state index contributed by atoms with van der Waals surface area (Å²) in [6.45, 7) is 3.74. The van der Waals surface area contributed by atoms with Crippen molar-refractivity contribution in [3.63, 3.8) is 0 Å². The molecule has 4 heterocycles. The first-order chi connectivity index (χ1) is 14.7. The molecular formula is C23H23N5OS. The minimum atomic E-state index is 0.0218. The number of benzene rings is 1. The summed E-state index contributed by atoms with van der Waals surface area (Å²) in [5.74, 6) is 1.09. The van der Waals surface area contributed by atoms with Crippen LogP contribution >= 0.6 is 11.3 Å². The van der Waals surface area contributed by atoms with E-state index in [1.165, 1.54) is 5.56 Å². The summed E-state index contributed by atoms with van der Waals surface area (Å²) in [4.78, 5) is 29.5. The molecule has 1 N–H and O–H groups in total. The third-order valence-corrected chi connectivity index (χ3v) is 6.90. The van der Waals surface area contributed by atoms with Crippen LogP contribution in [-0.4, -0.2) is 33.9 Å². The van der Waals surface area contributed by atoms with E-state index in [1.54, 1.807) is 17.7 Å². The molecule has 7 heteroatoms. The zero-order valence-electron chi connectivity index (χ0n) is 16.8. The van der Waals surface area contributed by atoms with E-state index in [0.29, 0.717) is 0 Å². The lowest BCUT2D eigenvalue weighted by atomic mass is 9.95. The van der Waals surface area contributed by atoms with Crippen LogP contribution in [0.4, 0.5) is 11.5 Å². The number of aryl methyl sites for hydroxylation is 1. The molecule has 1 amide bonds. The molecular weight excluding hydrogens is 394 g/mol. The lowest BCUT2D eigenvalue weighted by Gasteiger charge is -2.32. The molecule has 4 aromatic rings. The van der Waals surface area contributed by atoms with Gasteiger partial charge in [0.05, 0.1) is 10.2 Å². The van der Waals surface area contributed by atoms with E-state index < -0.39 is 0 Å². The van der Waals surface area contributed by atoms with Gasteiger partial charge in [0.1, 0.15) is 17.0 Å². The highest BCUT2D eigenvalue weighted by Crippen LogP contribution is 2.37. The van der Waals surface area contributed by atoms with Gasteiger partial charge in [-0.15, -0.1) is 11.3 Å².